The van der Waals surface area contributed by atoms with E-state index >= 15 is 0 Å². The van der Waals surface area contributed by atoms with Crippen LogP contribution >= 0.6 is 0 Å². The molecule has 5 heteroatoms. The van der Waals surface area contributed by atoms with Crippen molar-refractivity contribution in [2.75, 3.05) is 26.2 Å². The Kier molecular flexibility index (Phi) is 5.42. The van der Waals surface area contributed by atoms with Gasteiger partial charge in [-0.3, -0.25) is 4.79 Å². The zero-order chi connectivity index (χ0) is 15.9. The molecular weight excluding hydrogens is 288 g/mol. The van der Waals surface area contributed by atoms with Gasteiger partial charge in [0.15, 0.2) is 0 Å². The first-order chi connectivity index (χ1) is 11.3. The number of carbonyl (C=O) groups is 1. The van der Waals surface area contributed by atoms with Crippen molar-refractivity contribution < 1.29 is 4.79 Å². The third-order valence-corrected chi connectivity index (χ3v) is 4.25. The van der Waals surface area contributed by atoms with Crippen LogP contribution in [0.5, 0.6) is 0 Å². The Morgan fingerprint density at radius 2 is 2.13 bits per heavy atom. The number of amides is 1. The first kappa shape index (κ1) is 15.7. The molecule has 5 nitrogen and oxygen atoms in total. The van der Waals surface area contributed by atoms with Crippen molar-refractivity contribution in [2.45, 2.75) is 25.8 Å². The highest BCUT2D eigenvalue weighted by atomic mass is 16.1. The number of benzene rings is 1. The smallest absolute Gasteiger partial charge is 0.251 e. The Labute approximate surface area is 137 Å². The number of nitrogens with zero attached hydrogens (tertiary/aromatic N) is 3. The Morgan fingerprint density at radius 1 is 1.26 bits per heavy atom. The summed E-state index contributed by atoms with van der Waals surface area (Å²) in [6.45, 7) is 4.98. The Balaban J connectivity index is 1.46. The lowest BCUT2D eigenvalue weighted by Crippen LogP contribution is -2.28. The molecule has 122 valence electrons. The summed E-state index contributed by atoms with van der Waals surface area (Å²) >= 11 is 0. The number of nitrogens with one attached hydrogen (secondary N) is 1. The van der Waals surface area contributed by atoms with E-state index in [4.69, 9.17) is 0 Å². The van der Waals surface area contributed by atoms with Crippen molar-refractivity contribution >= 4 is 5.91 Å². The highest BCUT2D eigenvalue weighted by molar-refractivity contribution is 5.94. The number of aromatic nitrogens is 2. The molecule has 1 fully saturated rings. The van der Waals surface area contributed by atoms with Gasteiger partial charge in [-0.1, -0.05) is 12.1 Å². The van der Waals surface area contributed by atoms with Crippen LogP contribution in [0.1, 0.15) is 35.2 Å². The fraction of sp³-hybridized carbons (Fsp3) is 0.444. The lowest BCUT2D eigenvalue weighted by atomic mass is 10.1. The van der Waals surface area contributed by atoms with Gasteiger partial charge in [0.2, 0.25) is 0 Å². The van der Waals surface area contributed by atoms with E-state index in [1.165, 1.54) is 25.9 Å². The number of carbonyl (C=O) groups excluding carboxylic acids is 1. The molecule has 0 bridgehead atoms. The Bertz CT molecular complexity index is 618. The first-order valence-corrected chi connectivity index (χ1v) is 8.36. The number of rotatable bonds is 7. The predicted molar refractivity (Wildman–Crippen MR) is 90.4 cm³/mol. The molecule has 0 saturated carbocycles. The standard InChI is InChI=1S/C18H24N4O/c23-18(20-7-4-11-21-9-1-2-10-21)17-6-3-5-16(13-17)14-22-12-8-19-15-22/h3,5-6,8,12-13,15H,1-2,4,7,9-11,14H2,(H,20,23). The monoisotopic (exact) mass is 312 g/mol. The summed E-state index contributed by atoms with van der Waals surface area (Å²) < 4.78 is 1.99. The van der Waals surface area contributed by atoms with E-state index in [2.05, 4.69) is 15.2 Å². The van der Waals surface area contributed by atoms with Crippen LogP contribution in [0.3, 0.4) is 0 Å². The molecule has 1 aromatic heterocycles. The molecule has 2 heterocycles. The molecule has 0 aliphatic carbocycles. The van der Waals surface area contributed by atoms with E-state index in [-0.39, 0.29) is 5.91 Å². The third-order valence-electron chi connectivity index (χ3n) is 4.25. The summed E-state index contributed by atoms with van der Waals surface area (Å²) in [6.07, 6.45) is 9.11. The van der Waals surface area contributed by atoms with Gasteiger partial charge in [-0.05, 0) is 56.6 Å². The largest absolute Gasteiger partial charge is 0.352 e. The van der Waals surface area contributed by atoms with E-state index in [1.54, 1.807) is 12.5 Å². The van der Waals surface area contributed by atoms with Crippen LogP contribution in [0.25, 0.3) is 0 Å². The van der Waals surface area contributed by atoms with Crippen LogP contribution in [0.4, 0.5) is 0 Å². The SMILES string of the molecule is O=C(NCCCN1CCCC1)c1cccc(Cn2ccnc2)c1. The van der Waals surface area contributed by atoms with E-state index in [0.29, 0.717) is 0 Å². The van der Waals surface area contributed by atoms with Crippen molar-refractivity contribution in [3.05, 3.63) is 54.1 Å². The maximum atomic E-state index is 12.3. The maximum absolute atomic E-state index is 12.3. The van der Waals surface area contributed by atoms with Gasteiger partial charge in [0.1, 0.15) is 0 Å². The van der Waals surface area contributed by atoms with Crippen LogP contribution in [-0.4, -0.2) is 46.5 Å². The highest BCUT2D eigenvalue weighted by Crippen LogP contribution is 2.08. The number of hydrogen-bond acceptors (Lipinski definition) is 3. The van der Waals surface area contributed by atoms with Gasteiger partial charge < -0.3 is 14.8 Å². The van der Waals surface area contributed by atoms with Crippen LogP contribution in [-0.2, 0) is 6.54 Å². The third kappa shape index (κ3) is 4.66. The van der Waals surface area contributed by atoms with Crippen molar-refractivity contribution in [1.29, 1.82) is 0 Å². The molecule has 1 amide bonds. The quantitative estimate of drug-likeness (QED) is 0.797. The van der Waals surface area contributed by atoms with Crippen molar-refractivity contribution in [3.8, 4) is 0 Å². The zero-order valence-corrected chi connectivity index (χ0v) is 13.4. The summed E-state index contributed by atoms with van der Waals surface area (Å²) in [5, 5.41) is 3.02. The molecule has 3 rings (SSSR count). The minimum Gasteiger partial charge on any atom is -0.352 e. The average Bonchev–Trinajstić information content (AvgIpc) is 3.25. The number of likely N-dealkylation sites (tertiary alicyclic amines) is 1. The molecular formula is C18H24N4O. The second-order valence-electron chi connectivity index (χ2n) is 6.09. The molecule has 1 aromatic carbocycles. The molecule has 0 atom stereocenters. The Morgan fingerprint density at radius 3 is 2.91 bits per heavy atom. The van der Waals surface area contributed by atoms with Gasteiger partial charge in [0, 0.05) is 31.0 Å². The lowest BCUT2D eigenvalue weighted by molar-refractivity contribution is 0.0952. The van der Waals surface area contributed by atoms with E-state index in [0.717, 1.165) is 37.2 Å². The summed E-state index contributed by atoms with van der Waals surface area (Å²) in [5.41, 5.74) is 1.83. The summed E-state index contributed by atoms with van der Waals surface area (Å²) in [5.74, 6) is 0.0129. The molecule has 0 unspecified atom stereocenters. The van der Waals surface area contributed by atoms with Crippen molar-refractivity contribution in [3.63, 3.8) is 0 Å². The number of hydrogen-bond donors (Lipinski definition) is 1. The fourth-order valence-corrected chi connectivity index (χ4v) is 3.01. The molecule has 1 saturated heterocycles. The maximum Gasteiger partial charge on any atom is 0.251 e. The van der Waals surface area contributed by atoms with Crippen LogP contribution in [0, 0.1) is 0 Å². The minimum absolute atomic E-state index is 0.0129. The second-order valence-corrected chi connectivity index (χ2v) is 6.09. The van der Waals surface area contributed by atoms with E-state index in [9.17, 15) is 4.79 Å². The van der Waals surface area contributed by atoms with Crippen LogP contribution < -0.4 is 5.32 Å². The first-order valence-electron chi connectivity index (χ1n) is 8.36. The van der Waals surface area contributed by atoms with Gasteiger partial charge in [0.25, 0.3) is 5.91 Å². The zero-order valence-electron chi connectivity index (χ0n) is 13.4. The van der Waals surface area contributed by atoms with Crippen LogP contribution in [0.2, 0.25) is 0 Å². The van der Waals surface area contributed by atoms with Gasteiger partial charge in [0.05, 0.1) is 6.33 Å². The second kappa shape index (κ2) is 7.92. The Hall–Kier alpha value is -2.14. The lowest BCUT2D eigenvalue weighted by Gasteiger charge is -2.14. The minimum atomic E-state index is 0.0129. The predicted octanol–water partition coefficient (Wildman–Crippen LogP) is 2.15. The molecule has 0 radical (unpaired) electrons. The normalized spacial score (nSPS) is 15.0. The summed E-state index contributed by atoms with van der Waals surface area (Å²) in [7, 11) is 0. The molecule has 1 aliphatic heterocycles. The van der Waals surface area contributed by atoms with Gasteiger partial charge in [-0.2, -0.15) is 0 Å². The van der Waals surface area contributed by atoms with Crippen LogP contribution in [0.15, 0.2) is 43.0 Å². The topological polar surface area (TPSA) is 50.2 Å². The van der Waals surface area contributed by atoms with E-state index in [1.807, 2.05) is 35.0 Å². The molecule has 1 N–H and O–H groups in total. The molecule has 23 heavy (non-hydrogen) atoms. The highest BCUT2D eigenvalue weighted by Gasteiger charge is 2.11. The van der Waals surface area contributed by atoms with Gasteiger partial charge >= 0.3 is 0 Å². The van der Waals surface area contributed by atoms with Crippen molar-refractivity contribution in [1.82, 2.24) is 19.8 Å². The van der Waals surface area contributed by atoms with E-state index < -0.39 is 0 Å². The fourth-order valence-electron chi connectivity index (χ4n) is 3.01. The summed E-state index contributed by atoms with van der Waals surface area (Å²) in [6, 6.07) is 7.79. The number of imidazole rings is 1. The van der Waals surface area contributed by atoms with Crippen molar-refractivity contribution in [2.24, 2.45) is 0 Å². The molecule has 0 spiro atoms. The van der Waals surface area contributed by atoms with Gasteiger partial charge in [-0.15, -0.1) is 0 Å². The summed E-state index contributed by atoms with van der Waals surface area (Å²) in [4.78, 5) is 18.8. The molecule has 1 aliphatic rings. The van der Waals surface area contributed by atoms with Gasteiger partial charge in [-0.25, -0.2) is 4.98 Å². The molecule has 2 aromatic rings. The average molecular weight is 312 g/mol.